The number of esters is 1. The third kappa shape index (κ3) is 6.55. The Balaban J connectivity index is 0.00000441. The minimum atomic E-state index is -1.17. The van der Waals surface area contributed by atoms with Gasteiger partial charge in [0.05, 0.1) is 19.6 Å². The van der Waals surface area contributed by atoms with Crippen LogP contribution in [0.4, 0.5) is 0 Å². The molecule has 0 unspecified atom stereocenters. The van der Waals surface area contributed by atoms with Gasteiger partial charge in [0.25, 0.3) is 0 Å². The van der Waals surface area contributed by atoms with Crippen molar-refractivity contribution in [3.05, 3.63) is 35.9 Å². The molecule has 0 saturated heterocycles. The van der Waals surface area contributed by atoms with E-state index in [2.05, 4.69) is 10.1 Å². The topological polar surface area (TPSA) is 119 Å². The SMILES string of the molecule is COC(=O)C[C@H](N)C(=O)N[C@@H](Cc1ccccc1)C(=O)O.Cl. The summed E-state index contributed by atoms with van der Waals surface area (Å²) in [6.07, 6.45) is -0.174. The van der Waals surface area contributed by atoms with Crippen LogP contribution >= 0.6 is 12.4 Å². The molecule has 0 aliphatic rings. The van der Waals surface area contributed by atoms with Gasteiger partial charge in [-0.3, -0.25) is 9.59 Å². The predicted molar refractivity (Wildman–Crippen MR) is 81.6 cm³/mol. The lowest BCUT2D eigenvalue weighted by Gasteiger charge is -2.17. The highest BCUT2D eigenvalue weighted by Gasteiger charge is 2.25. The molecule has 0 saturated carbocycles. The van der Waals surface area contributed by atoms with E-state index in [0.717, 1.165) is 5.56 Å². The molecule has 0 fully saturated rings. The Morgan fingerprint density at radius 2 is 1.86 bits per heavy atom. The first-order chi connectivity index (χ1) is 9.93. The molecular formula is C14H19ClN2O5. The van der Waals surface area contributed by atoms with Crippen LogP contribution in [0.5, 0.6) is 0 Å². The first-order valence-corrected chi connectivity index (χ1v) is 6.33. The zero-order valence-electron chi connectivity index (χ0n) is 12.0. The van der Waals surface area contributed by atoms with Gasteiger partial charge in [0.1, 0.15) is 6.04 Å². The Morgan fingerprint density at radius 1 is 1.27 bits per heavy atom. The number of halogens is 1. The number of nitrogens with two attached hydrogens (primary N) is 1. The number of methoxy groups -OCH3 is 1. The monoisotopic (exact) mass is 330 g/mol. The van der Waals surface area contributed by atoms with E-state index in [1.165, 1.54) is 7.11 Å². The lowest BCUT2D eigenvalue weighted by Crippen LogP contribution is -2.50. The van der Waals surface area contributed by atoms with Crippen molar-refractivity contribution >= 4 is 30.3 Å². The molecule has 0 bridgehead atoms. The van der Waals surface area contributed by atoms with Gasteiger partial charge < -0.3 is 20.9 Å². The Morgan fingerprint density at radius 3 is 2.36 bits per heavy atom. The number of ether oxygens (including phenoxy) is 1. The lowest BCUT2D eigenvalue weighted by atomic mass is 10.1. The molecule has 122 valence electrons. The van der Waals surface area contributed by atoms with Gasteiger partial charge in [-0.05, 0) is 5.56 Å². The summed E-state index contributed by atoms with van der Waals surface area (Å²) in [4.78, 5) is 34.0. The average molecular weight is 331 g/mol. The first-order valence-electron chi connectivity index (χ1n) is 6.33. The molecule has 7 nitrogen and oxygen atoms in total. The van der Waals surface area contributed by atoms with Gasteiger partial charge in [-0.15, -0.1) is 12.4 Å². The van der Waals surface area contributed by atoms with Crippen LogP contribution in [-0.4, -0.2) is 42.1 Å². The van der Waals surface area contributed by atoms with E-state index in [-0.39, 0.29) is 25.2 Å². The molecule has 22 heavy (non-hydrogen) atoms. The van der Waals surface area contributed by atoms with Crippen LogP contribution in [0.25, 0.3) is 0 Å². The second-order valence-corrected chi connectivity index (χ2v) is 4.48. The average Bonchev–Trinajstić information content (AvgIpc) is 2.47. The predicted octanol–water partition coefficient (Wildman–Crippen LogP) is 0.111. The van der Waals surface area contributed by atoms with E-state index in [1.807, 2.05) is 6.07 Å². The summed E-state index contributed by atoms with van der Waals surface area (Å²) >= 11 is 0. The van der Waals surface area contributed by atoms with E-state index in [4.69, 9.17) is 10.8 Å². The second-order valence-electron chi connectivity index (χ2n) is 4.48. The maximum atomic E-state index is 11.8. The van der Waals surface area contributed by atoms with Crippen LogP contribution in [-0.2, 0) is 25.5 Å². The van der Waals surface area contributed by atoms with Crippen molar-refractivity contribution in [2.24, 2.45) is 5.73 Å². The largest absolute Gasteiger partial charge is 0.480 e. The van der Waals surface area contributed by atoms with E-state index in [0.29, 0.717) is 0 Å². The molecule has 0 aliphatic carbocycles. The highest BCUT2D eigenvalue weighted by molar-refractivity contribution is 5.89. The molecule has 0 spiro atoms. The number of carbonyl (C=O) groups is 3. The van der Waals surface area contributed by atoms with Crippen molar-refractivity contribution in [1.29, 1.82) is 0 Å². The summed E-state index contributed by atoms with van der Waals surface area (Å²) in [5, 5.41) is 11.5. The summed E-state index contributed by atoms with van der Waals surface area (Å²) < 4.78 is 4.40. The van der Waals surface area contributed by atoms with Crippen LogP contribution in [0.1, 0.15) is 12.0 Å². The van der Waals surface area contributed by atoms with Gasteiger partial charge in [-0.1, -0.05) is 30.3 Å². The number of hydrogen-bond acceptors (Lipinski definition) is 5. The summed E-state index contributed by atoms with van der Waals surface area (Å²) in [5.41, 5.74) is 6.30. The molecule has 2 atom stereocenters. The third-order valence-corrected chi connectivity index (χ3v) is 2.85. The zero-order chi connectivity index (χ0) is 15.8. The fourth-order valence-electron chi connectivity index (χ4n) is 1.68. The highest BCUT2D eigenvalue weighted by atomic mass is 35.5. The quantitative estimate of drug-likeness (QED) is 0.611. The van der Waals surface area contributed by atoms with E-state index >= 15 is 0 Å². The number of carboxylic acid groups (broad SMARTS) is 1. The number of amides is 1. The Kier molecular flexibility index (Phi) is 8.81. The van der Waals surface area contributed by atoms with Crippen molar-refractivity contribution in [2.45, 2.75) is 24.9 Å². The molecule has 0 aromatic heterocycles. The second kappa shape index (κ2) is 9.75. The minimum Gasteiger partial charge on any atom is -0.480 e. The molecular weight excluding hydrogens is 312 g/mol. The van der Waals surface area contributed by atoms with Crippen molar-refractivity contribution in [1.82, 2.24) is 5.32 Å². The van der Waals surface area contributed by atoms with Crippen LogP contribution in [0.3, 0.4) is 0 Å². The number of nitrogens with one attached hydrogen (secondary N) is 1. The van der Waals surface area contributed by atoms with Crippen LogP contribution in [0.2, 0.25) is 0 Å². The molecule has 0 aliphatic heterocycles. The maximum Gasteiger partial charge on any atom is 0.326 e. The van der Waals surface area contributed by atoms with Crippen molar-refractivity contribution in [3.63, 3.8) is 0 Å². The molecule has 1 aromatic carbocycles. The summed E-state index contributed by atoms with van der Waals surface area (Å²) in [6, 6.07) is 6.63. The molecule has 8 heteroatoms. The minimum absolute atomic E-state index is 0. The standard InChI is InChI=1S/C14H18N2O5.ClH/c1-21-12(17)8-10(15)13(18)16-11(14(19)20)7-9-5-3-2-4-6-9;/h2-6,10-11H,7-8,15H2,1H3,(H,16,18)(H,19,20);1H/t10-,11-;/m0./s1. The van der Waals surface area contributed by atoms with Crippen molar-refractivity contribution in [2.75, 3.05) is 7.11 Å². The van der Waals surface area contributed by atoms with Gasteiger partial charge in [0.2, 0.25) is 5.91 Å². The van der Waals surface area contributed by atoms with E-state index in [9.17, 15) is 14.4 Å². The fraction of sp³-hybridized carbons (Fsp3) is 0.357. The van der Waals surface area contributed by atoms with Gasteiger partial charge in [-0.25, -0.2) is 4.79 Å². The highest BCUT2D eigenvalue weighted by Crippen LogP contribution is 2.04. The molecule has 0 heterocycles. The molecule has 0 radical (unpaired) electrons. The van der Waals surface area contributed by atoms with Crippen LogP contribution in [0, 0.1) is 0 Å². The number of carbonyl (C=O) groups excluding carboxylic acids is 2. The van der Waals surface area contributed by atoms with Gasteiger partial charge in [0.15, 0.2) is 0 Å². The Labute approximate surface area is 134 Å². The first kappa shape index (κ1) is 19.9. The molecule has 1 rings (SSSR count). The number of benzene rings is 1. The van der Waals surface area contributed by atoms with E-state index in [1.54, 1.807) is 24.3 Å². The Hall–Kier alpha value is -2.12. The van der Waals surface area contributed by atoms with Gasteiger partial charge >= 0.3 is 11.9 Å². The zero-order valence-corrected chi connectivity index (χ0v) is 12.8. The van der Waals surface area contributed by atoms with E-state index < -0.39 is 29.9 Å². The Bertz CT molecular complexity index is 509. The lowest BCUT2D eigenvalue weighted by molar-refractivity contribution is -0.143. The molecule has 1 aromatic rings. The number of aliphatic carboxylic acids is 1. The summed E-state index contributed by atoms with van der Waals surface area (Å²) in [6.45, 7) is 0. The maximum absolute atomic E-state index is 11.8. The summed E-state index contributed by atoms with van der Waals surface area (Å²) in [7, 11) is 1.18. The molecule has 1 amide bonds. The van der Waals surface area contributed by atoms with Gasteiger partial charge in [0, 0.05) is 6.42 Å². The summed E-state index contributed by atoms with van der Waals surface area (Å²) in [5.74, 6) is -2.51. The van der Waals surface area contributed by atoms with Crippen LogP contribution < -0.4 is 11.1 Å². The van der Waals surface area contributed by atoms with Gasteiger partial charge in [-0.2, -0.15) is 0 Å². The smallest absolute Gasteiger partial charge is 0.326 e. The number of hydrogen-bond donors (Lipinski definition) is 3. The van der Waals surface area contributed by atoms with Crippen LogP contribution in [0.15, 0.2) is 30.3 Å². The normalized spacial score (nSPS) is 12.5. The van der Waals surface area contributed by atoms with Crippen molar-refractivity contribution < 1.29 is 24.2 Å². The number of carboxylic acids is 1. The third-order valence-electron chi connectivity index (χ3n) is 2.85. The fourth-order valence-corrected chi connectivity index (χ4v) is 1.68. The molecule has 4 N–H and O–H groups in total. The number of rotatable bonds is 7. The van der Waals surface area contributed by atoms with Crippen molar-refractivity contribution in [3.8, 4) is 0 Å².